The highest BCUT2D eigenvalue weighted by Gasteiger charge is 2.34. The van der Waals surface area contributed by atoms with Crippen molar-refractivity contribution in [2.45, 2.75) is 25.3 Å². The summed E-state index contributed by atoms with van der Waals surface area (Å²) in [6, 6.07) is 5.64. The monoisotopic (exact) mass is 177 g/mol. The fourth-order valence-corrected chi connectivity index (χ4v) is 2.13. The van der Waals surface area contributed by atoms with Gasteiger partial charge >= 0.3 is 0 Å². The van der Waals surface area contributed by atoms with Crippen LogP contribution < -0.4 is 5.32 Å². The van der Waals surface area contributed by atoms with Crippen molar-refractivity contribution in [1.29, 1.82) is 0 Å². The van der Waals surface area contributed by atoms with E-state index >= 15 is 0 Å². The summed E-state index contributed by atoms with van der Waals surface area (Å²) >= 11 is 0. The first-order valence-electron chi connectivity index (χ1n) is 4.88. The topological polar surface area (TPSA) is 12.0 Å². The third-order valence-electron chi connectivity index (χ3n) is 3.04. The standard InChI is InChI=1S/C11H12FN/c12-9-4-3-8-5-10(7-1-2-7)13-11(8)6-9/h3-4,6-7,10,13H,1-2,5H2. The Kier molecular flexibility index (Phi) is 1.40. The highest BCUT2D eigenvalue weighted by atomic mass is 19.1. The van der Waals surface area contributed by atoms with E-state index in [9.17, 15) is 4.39 Å². The molecule has 1 unspecified atom stereocenters. The van der Waals surface area contributed by atoms with E-state index in [2.05, 4.69) is 5.32 Å². The molecule has 1 aliphatic heterocycles. The normalized spacial score (nSPS) is 25.5. The average molecular weight is 177 g/mol. The lowest BCUT2D eigenvalue weighted by Gasteiger charge is -2.07. The van der Waals surface area contributed by atoms with Gasteiger partial charge in [0.2, 0.25) is 0 Å². The van der Waals surface area contributed by atoms with Crippen molar-refractivity contribution in [3.63, 3.8) is 0 Å². The molecule has 0 radical (unpaired) electrons. The number of benzene rings is 1. The Hall–Kier alpha value is -1.05. The Morgan fingerprint density at radius 1 is 1.31 bits per heavy atom. The Labute approximate surface area is 77.0 Å². The minimum Gasteiger partial charge on any atom is -0.381 e. The summed E-state index contributed by atoms with van der Waals surface area (Å²) in [5.74, 6) is 0.707. The van der Waals surface area contributed by atoms with Crippen LogP contribution in [0.1, 0.15) is 18.4 Å². The van der Waals surface area contributed by atoms with Crippen LogP contribution in [0.5, 0.6) is 0 Å². The van der Waals surface area contributed by atoms with Gasteiger partial charge in [-0.3, -0.25) is 0 Å². The van der Waals surface area contributed by atoms with Crippen LogP contribution in [-0.4, -0.2) is 6.04 Å². The van der Waals surface area contributed by atoms with E-state index < -0.39 is 0 Å². The van der Waals surface area contributed by atoms with Crippen LogP contribution in [0.25, 0.3) is 0 Å². The minimum absolute atomic E-state index is 0.136. The van der Waals surface area contributed by atoms with Crippen LogP contribution in [0, 0.1) is 11.7 Å². The first kappa shape index (κ1) is 7.36. The zero-order chi connectivity index (χ0) is 8.84. The van der Waals surface area contributed by atoms with Gasteiger partial charge in [0.1, 0.15) is 5.82 Å². The third-order valence-corrected chi connectivity index (χ3v) is 3.04. The third kappa shape index (κ3) is 1.21. The molecular formula is C11H12FN. The van der Waals surface area contributed by atoms with Crippen LogP contribution in [0.15, 0.2) is 18.2 Å². The summed E-state index contributed by atoms with van der Waals surface area (Å²) in [5, 5.41) is 3.40. The van der Waals surface area contributed by atoms with Crippen molar-refractivity contribution in [2.24, 2.45) is 5.92 Å². The Balaban J connectivity index is 1.90. The maximum Gasteiger partial charge on any atom is 0.125 e. The van der Waals surface area contributed by atoms with Gasteiger partial charge < -0.3 is 5.32 Å². The summed E-state index contributed by atoms with van der Waals surface area (Å²) in [7, 11) is 0. The second-order valence-electron chi connectivity index (χ2n) is 4.09. The highest BCUT2D eigenvalue weighted by molar-refractivity contribution is 5.57. The van der Waals surface area contributed by atoms with E-state index in [1.54, 1.807) is 12.1 Å². The van der Waals surface area contributed by atoms with Crippen LogP contribution in [0.2, 0.25) is 0 Å². The highest BCUT2D eigenvalue weighted by Crippen LogP contribution is 2.40. The molecule has 1 aromatic carbocycles. The van der Waals surface area contributed by atoms with Gasteiger partial charge in [-0.25, -0.2) is 4.39 Å². The fourth-order valence-electron chi connectivity index (χ4n) is 2.13. The van der Waals surface area contributed by atoms with E-state index in [0.717, 1.165) is 18.0 Å². The molecule has 0 saturated heterocycles. The molecule has 13 heavy (non-hydrogen) atoms. The van der Waals surface area contributed by atoms with Gasteiger partial charge in [0, 0.05) is 11.7 Å². The van der Waals surface area contributed by atoms with Gasteiger partial charge in [-0.1, -0.05) is 6.07 Å². The zero-order valence-electron chi connectivity index (χ0n) is 7.39. The molecule has 0 amide bonds. The summed E-state index contributed by atoms with van der Waals surface area (Å²) in [4.78, 5) is 0. The Bertz CT molecular complexity index is 344. The van der Waals surface area contributed by atoms with Crippen molar-refractivity contribution < 1.29 is 4.39 Å². The molecule has 1 heterocycles. The van der Waals surface area contributed by atoms with Gasteiger partial charge in [-0.15, -0.1) is 0 Å². The number of fused-ring (bicyclic) bond motifs is 1. The van der Waals surface area contributed by atoms with Crippen molar-refractivity contribution in [1.82, 2.24) is 0 Å². The largest absolute Gasteiger partial charge is 0.381 e. The van der Waals surface area contributed by atoms with E-state index in [-0.39, 0.29) is 5.82 Å². The first-order chi connectivity index (χ1) is 6.33. The molecule has 1 atom stereocenters. The molecule has 2 aliphatic rings. The van der Waals surface area contributed by atoms with Gasteiger partial charge in [0.05, 0.1) is 0 Å². The van der Waals surface area contributed by atoms with E-state index in [4.69, 9.17) is 0 Å². The Morgan fingerprint density at radius 3 is 2.92 bits per heavy atom. The molecule has 68 valence electrons. The molecule has 0 aromatic heterocycles. The first-order valence-corrected chi connectivity index (χ1v) is 4.88. The van der Waals surface area contributed by atoms with Crippen molar-refractivity contribution in [2.75, 3.05) is 5.32 Å². The molecular weight excluding hydrogens is 165 g/mol. The number of hydrogen-bond acceptors (Lipinski definition) is 1. The average Bonchev–Trinajstić information content (AvgIpc) is 2.87. The molecule has 1 N–H and O–H groups in total. The lowest BCUT2D eigenvalue weighted by Crippen LogP contribution is -2.17. The second kappa shape index (κ2) is 2.47. The van der Waals surface area contributed by atoms with Crippen molar-refractivity contribution >= 4 is 5.69 Å². The van der Waals surface area contributed by atoms with Crippen molar-refractivity contribution in [3.05, 3.63) is 29.6 Å². The molecule has 0 spiro atoms. The number of anilines is 1. The van der Waals surface area contributed by atoms with Gasteiger partial charge in [-0.2, -0.15) is 0 Å². The number of halogens is 1. The van der Waals surface area contributed by atoms with Gasteiger partial charge in [0.15, 0.2) is 0 Å². The molecule has 3 rings (SSSR count). The van der Waals surface area contributed by atoms with E-state index in [1.807, 2.05) is 6.07 Å². The molecule has 0 bridgehead atoms. The molecule has 1 nitrogen and oxygen atoms in total. The van der Waals surface area contributed by atoms with Crippen LogP contribution in [-0.2, 0) is 6.42 Å². The second-order valence-corrected chi connectivity index (χ2v) is 4.09. The summed E-state index contributed by atoms with van der Waals surface area (Å²) < 4.78 is 12.9. The van der Waals surface area contributed by atoms with Gasteiger partial charge in [0.25, 0.3) is 0 Å². The van der Waals surface area contributed by atoms with Crippen LogP contribution >= 0.6 is 0 Å². The van der Waals surface area contributed by atoms with E-state index in [0.29, 0.717) is 6.04 Å². The predicted molar refractivity (Wildman–Crippen MR) is 50.2 cm³/mol. The molecule has 1 saturated carbocycles. The minimum atomic E-state index is -0.136. The summed E-state index contributed by atoms with van der Waals surface area (Å²) in [6.45, 7) is 0. The summed E-state index contributed by atoms with van der Waals surface area (Å²) in [5.41, 5.74) is 2.29. The SMILES string of the molecule is Fc1ccc2c(c1)NC(C1CC1)C2. The van der Waals surface area contributed by atoms with E-state index in [1.165, 1.54) is 18.4 Å². The maximum atomic E-state index is 12.9. The number of nitrogens with one attached hydrogen (secondary N) is 1. The fraction of sp³-hybridized carbons (Fsp3) is 0.455. The maximum absolute atomic E-state index is 12.9. The molecule has 1 aromatic rings. The van der Waals surface area contributed by atoms with Gasteiger partial charge in [-0.05, 0) is 42.9 Å². The quantitative estimate of drug-likeness (QED) is 0.695. The number of rotatable bonds is 1. The zero-order valence-corrected chi connectivity index (χ0v) is 7.39. The summed E-state index contributed by atoms with van der Waals surface area (Å²) in [6.07, 6.45) is 3.77. The molecule has 1 aliphatic carbocycles. The van der Waals surface area contributed by atoms with Crippen molar-refractivity contribution in [3.8, 4) is 0 Å². The lowest BCUT2D eigenvalue weighted by molar-refractivity contribution is 0.628. The molecule has 1 fully saturated rings. The predicted octanol–water partition coefficient (Wildman–Crippen LogP) is 2.57. The lowest BCUT2D eigenvalue weighted by atomic mass is 10.1. The molecule has 2 heteroatoms. The number of hydrogen-bond donors (Lipinski definition) is 1. The Morgan fingerprint density at radius 2 is 2.15 bits per heavy atom. The van der Waals surface area contributed by atoms with Crippen LogP contribution in [0.4, 0.5) is 10.1 Å². The van der Waals surface area contributed by atoms with Crippen LogP contribution in [0.3, 0.4) is 0 Å². The smallest absolute Gasteiger partial charge is 0.125 e.